The number of carbonyl (C=O) groups excluding carboxylic acids is 2. The van der Waals surface area contributed by atoms with Gasteiger partial charge in [-0.3, -0.25) is 4.79 Å². The Bertz CT molecular complexity index is 303. The van der Waals surface area contributed by atoms with Crippen molar-refractivity contribution in [3.8, 4) is 0 Å². The number of nitrogens with one attached hydrogen (secondary N) is 4. The molecule has 23 heavy (non-hydrogen) atoms. The van der Waals surface area contributed by atoms with Gasteiger partial charge >= 0.3 is 6.03 Å². The second-order valence-corrected chi connectivity index (χ2v) is 5.10. The summed E-state index contributed by atoms with van der Waals surface area (Å²) < 4.78 is 5.29. The number of urea groups is 1. The first-order valence-electron chi connectivity index (χ1n) is 8.47. The molecule has 0 aromatic heterocycles. The van der Waals surface area contributed by atoms with E-state index in [1.54, 1.807) is 0 Å². The number of amides is 3. The van der Waals surface area contributed by atoms with E-state index < -0.39 is 0 Å². The monoisotopic (exact) mass is 331 g/mol. The molecule has 136 valence electrons. The molecule has 3 amide bonds. The second kappa shape index (κ2) is 17.0. The number of ether oxygens (including phenoxy) is 1. The standard InChI is InChI=1S/C15H33N5O3/c1-2-17-8-3-4-9-19-15(22)20-11-13-23-12-6-14(21)18-10-5-7-16/h17H,2-13,16H2,1H3,(H,18,21)(H2,19,20,22). The Hall–Kier alpha value is -1.38. The van der Waals surface area contributed by atoms with E-state index in [4.69, 9.17) is 10.5 Å². The summed E-state index contributed by atoms with van der Waals surface area (Å²) in [6, 6.07) is -0.184. The molecule has 8 heteroatoms. The van der Waals surface area contributed by atoms with Crippen molar-refractivity contribution in [1.29, 1.82) is 0 Å². The third-order valence-electron chi connectivity index (χ3n) is 3.02. The molecule has 0 unspecified atom stereocenters. The van der Waals surface area contributed by atoms with Crippen LogP contribution in [0, 0.1) is 0 Å². The Labute approximate surface area is 139 Å². The molecule has 0 saturated heterocycles. The predicted octanol–water partition coefficient (Wildman–Crippen LogP) is -0.453. The lowest BCUT2D eigenvalue weighted by molar-refractivity contribution is -0.122. The summed E-state index contributed by atoms with van der Waals surface area (Å²) in [6.07, 6.45) is 3.10. The quantitative estimate of drug-likeness (QED) is 0.260. The summed E-state index contributed by atoms with van der Waals surface area (Å²) in [5.41, 5.74) is 5.33. The van der Waals surface area contributed by atoms with Crippen molar-refractivity contribution in [1.82, 2.24) is 21.3 Å². The fraction of sp³-hybridized carbons (Fsp3) is 0.867. The minimum Gasteiger partial charge on any atom is -0.379 e. The van der Waals surface area contributed by atoms with Gasteiger partial charge in [0.05, 0.1) is 13.2 Å². The zero-order chi connectivity index (χ0) is 17.2. The van der Waals surface area contributed by atoms with Gasteiger partial charge in [0, 0.05) is 26.1 Å². The van der Waals surface area contributed by atoms with Gasteiger partial charge in [0.2, 0.25) is 5.91 Å². The minimum absolute atomic E-state index is 0.0401. The second-order valence-electron chi connectivity index (χ2n) is 5.10. The van der Waals surface area contributed by atoms with Crippen molar-refractivity contribution in [2.75, 3.05) is 52.5 Å². The van der Waals surface area contributed by atoms with Gasteiger partial charge in [0.25, 0.3) is 0 Å². The van der Waals surface area contributed by atoms with Gasteiger partial charge in [-0.05, 0) is 38.9 Å². The molecule has 0 aromatic rings. The van der Waals surface area contributed by atoms with E-state index in [9.17, 15) is 9.59 Å². The normalized spacial score (nSPS) is 10.3. The Kier molecular flexibility index (Phi) is 16.0. The first kappa shape index (κ1) is 21.6. The van der Waals surface area contributed by atoms with Crippen LogP contribution < -0.4 is 27.0 Å². The zero-order valence-corrected chi connectivity index (χ0v) is 14.3. The van der Waals surface area contributed by atoms with Crippen molar-refractivity contribution in [2.24, 2.45) is 5.73 Å². The van der Waals surface area contributed by atoms with E-state index in [0.717, 1.165) is 32.4 Å². The molecule has 6 N–H and O–H groups in total. The van der Waals surface area contributed by atoms with Crippen LogP contribution in [0.3, 0.4) is 0 Å². The van der Waals surface area contributed by atoms with E-state index in [0.29, 0.717) is 45.8 Å². The van der Waals surface area contributed by atoms with Gasteiger partial charge in [0.15, 0.2) is 0 Å². The third kappa shape index (κ3) is 16.8. The van der Waals surface area contributed by atoms with Crippen molar-refractivity contribution in [2.45, 2.75) is 32.6 Å². The average molecular weight is 331 g/mol. The number of nitrogens with two attached hydrogens (primary N) is 1. The lowest BCUT2D eigenvalue weighted by atomic mass is 10.3. The molecular weight excluding hydrogens is 298 g/mol. The van der Waals surface area contributed by atoms with Gasteiger partial charge in [-0.25, -0.2) is 4.79 Å². The Morgan fingerprint density at radius 2 is 1.61 bits per heavy atom. The van der Waals surface area contributed by atoms with Crippen LogP contribution in [0.1, 0.15) is 32.6 Å². The minimum atomic E-state index is -0.184. The maximum absolute atomic E-state index is 11.5. The number of unbranched alkanes of at least 4 members (excludes halogenated alkanes) is 1. The molecule has 0 atom stereocenters. The van der Waals surface area contributed by atoms with Gasteiger partial charge in [-0.2, -0.15) is 0 Å². The maximum atomic E-state index is 11.5. The Morgan fingerprint density at radius 3 is 2.35 bits per heavy atom. The summed E-state index contributed by atoms with van der Waals surface area (Å²) >= 11 is 0. The molecule has 0 aliphatic carbocycles. The molecule has 8 nitrogen and oxygen atoms in total. The number of hydrogen-bond donors (Lipinski definition) is 5. The molecular formula is C15H33N5O3. The van der Waals surface area contributed by atoms with E-state index in [-0.39, 0.29) is 11.9 Å². The van der Waals surface area contributed by atoms with Crippen molar-refractivity contribution in [3.63, 3.8) is 0 Å². The van der Waals surface area contributed by atoms with Crippen molar-refractivity contribution >= 4 is 11.9 Å². The number of rotatable bonds is 15. The van der Waals surface area contributed by atoms with E-state index in [1.807, 2.05) is 0 Å². The summed E-state index contributed by atoms with van der Waals surface area (Å²) in [6.45, 7) is 7.04. The molecule has 0 rings (SSSR count). The highest BCUT2D eigenvalue weighted by Crippen LogP contribution is 1.85. The first-order chi connectivity index (χ1) is 11.2. The molecule has 0 radical (unpaired) electrons. The van der Waals surface area contributed by atoms with Crippen LogP contribution in [-0.4, -0.2) is 64.4 Å². The fourth-order valence-corrected chi connectivity index (χ4v) is 1.74. The molecule has 0 spiro atoms. The van der Waals surface area contributed by atoms with Crippen LogP contribution in [-0.2, 0) is 9.53 Å². The summed E-state index contributed by atoms with van der Waals surface area (Å²) in [4.78, 5) is 22.8. The third-order valence-corrected chi connectivity index (χ3v) is 3.02. The SMILES string of the molecule is CCNCCCCNC(=O)NCCOCCC(=O)NCCCN. The van der Waals surface area contributed by atoms with Gasteiger partial charge in [-0.15, -0.1) is 0 Å². The van der Waals surface area contributed by atoms with Crippen LogP contribution in [0.25, 0.3) is 0 Å². The Morgan fingerprint density at radius 1 is 0.913 bits per heavy atom. The lowest BCUT2D eigenvalue weighted by Crippen LogP contribution is -2.38. The highest BCUT2D eigenvalue weighted by Gasteiger charge is 2.01. The van der Waals surface area contributed by atoms with E-state index in [2.05, 4.69) is 28.2 Å². The number of carbonyl (C=O) groups is 2. The highest BCUT2D eigenvalue weighted by molar-refractivity contribution is 5.75. The van der Waals surface area contributed by atoms with Crippen molar-refractivity contribution < 1.29 is 14.3 Å². The molecule has 0 heterocycles. The van der Waals surface area contributed by atoms with Crippen LogP contribution in [0.5, 0.6) is 0 Å². The van der Waals surface area contributed by atoms with Gasteiger partial charge in [-0.1, -0.05) is 6.92 Å². The van der Waals surface area contributed by atoms with Gasteiger partial charge < -0.3 is 31.7 Å². The lowest BCUT2D eigenvalue weighted by Gasteiger charge is -2.08. The highest BCUT2D eigenvalue weighted by atomic mass is 16.5. The smallest absolute Gasteiger partial charge is 0.314 e. The largest absolute Gasteiger partial charge is 0.379 e. The molecule has 0 aliphatic heterocycles. The maximum Gasteiger partial charge on any atom is 0.314 e. The van der Waals surface area contributed by atoms with Crippen LogP contribution in [0.15, 0.2) is 0 Å². The molecule has 0 fully saturated rings. The molecule has 0 aromatic carbocycles. The fourth-order valence-electron chi connectivity index (χ4n) is 1.74. The topological polar surface area (TPSA) is 118 Å². The molecule has 0 aliphatic rings. The molecule has 0 saturated carbocycles. The Balaban J connectivity index is 3.27. The average Bonchev–Trinajstić information content (AvgIpc) is 2.54. The number of hydrogen-bond acceptors (Lipinski definition) is 5. The summed E-state index contributed by atoms with van der Waals surface area (Å²) in [7, 11) is 0. The van der Waals surface area contributed by atoms with E-state index >= 15 is 0 Å². The summed E-state index contributed by atoms with van der Waals surface area (Å²) in [5.74, 6) is -0.0401. The first-order valence-corrected chi connectivity index (χ1v) is 8.47. The zero-order valence-electron chi connectivity index (χ0n) is 14.3. The van der Waals surface area contributed by atoms with Crippen LogP contribution in [0.2, 0.25) is 0 Å². The van der Waals surface area contributed by atoms with Crippen molar-refractivity contribution in [3.05, 3.63) is 0 Å². The van der Waals surface area contributed by atoms with Gasteiger partial charge in [0.1, 0.15) is 0 Å². The van der Waals surface area contributed by atoms with Crippen LogP contribution >= 0.6 is 0 Å². The predicted molar refractivity (Wildman–Crippen MR) is 91.3 cm³/mol. The van der Waals surface area contributed by atoms with E-state index in [1.165, 1.54) is 0 Å². The van der Waals surface area contributed by atoms with Crippen LogP contribution in [0.4, 0.5) is 4.79 Å². The summed E-state index contributed by atoms with van der Waals surface area (Å²) in [5, 5.41) is 11.5. The molecule has 0 bridgehead atoms.